The molecule has 0 saturated carbocycles. The molecule has 68 valence electrons. The summed E-state index contributed by atoms with van der Waals surface area (Å²) in [6.45, 7) is 4.97. The van der Waals surface area contributed by atoms with Crippen molar-refractivity contribution in [3.8, 4) is 0 Å². The van der Waals surface area contributed by atoms with E-state index in [1.807, 2.05) is 0 Å². The second-order valence-corrected chi connectivity index (χ2v) is 2.95. The van der Waals surface area contributed by atoms with Gasteiger partial charge in [0.2, 0.25) is 0 Å². The van der Waals surface area contributed by atoms with E-state index in [1.165, 1.54) is 11.9 Å². The first kappa shape index (κ1) is 9.19. The standard InChI is InChI=1S/C8H13FN2O/c1-5(6(2)9)7-4-8(12)11(3)10-7/h6,8,12H,1,4H2,2-3H3. The molecule has 12 heavy (non-hydrogen) atoms. The number of hydrogen-bond donors (Lipinski definition) is 1. The molecule has 1 aliphatic heterocycles. The van der Waals surface area contributed by atoms with Gasteiger partial charge >= 0.3 is 0 Å². The molecule has 1 rings (SSSR count). The number of nitrogens with zero attached hydrogens (tertiary/aromatic N) is 2. The maximum atomic E-state index is 12.7. The smallest absolute Gasteiger partial charge is 0.147 e. The molecule has 0 aromatic rings. The van der Waals surface area contributed by atoms with E-state index in [0.29, 0.717) is 17.7 Å². The summed E-state index contributed by atoms with van der Waals surface area (Å²) in [5.74, 6) is 0. The van der Waals surface area contributed by atoms with E-state index in [9.17, 15) is 9.50 Å². The van der Waals surface area contributed by atoms with Gasteiger partial charge in [0.25, 0.3) is 0 Å². The van der Waals surface area contributed by atoms with E-state index in [1.54, 1.807) is 7.05 Å². The van der Waals surface area contributed by atoms with Crippen molar-refractivity contribution in [2.75, 3.05) is 7.05 Å². The Kier molecular flexibility index (Phi) is 2.47. The molecule has 3 nitrogen and oxygen atoms in total. The summed E-state index contributed by atoms with van der Waals surface area (Å²) in [7, 11) is 1.65. The molecule has 1 heterocycles. The van der Waals surface area contributed by atoms with E-state index in [2.05, 4.69) is 11.7 Å². The molecule has 0 aromatic carbocycles. The molecule has 0 radical (unpaired) electrons. The largest absolute Gasteiger partial charge is 0.372 e. The highest BCUT2D eigenvalue weighted by molar-refractivity contribution is 6.01. The Bertz CT molecular complexity index is 225. The molecule has 2 atom stereocenters. The number of hydrogen-bond acceptors (Lipinski definition) is 3. The highest BCUT2D eigenvalue weighted by atomic mass is 19.1. The molecule has 2 unspecified atom stereocenters. The van der Waals surface area contributed by atoms with Crippen LogP contribution in [0.2, 0.25) is 0 Å². The highest BCUT2D eigenvalue weighted by Gasteiger charge is 2.24. The van der Waals surface area contributed by atoms with E-state index >= 15 is 0 Å². The van der Waals surface area contributed by atoms with Crippen molar-refractivity contribution in [2.45, 2.75) is 25.7 Å². The summed E-state index contributed by atoms with van der Waals surface area (Å²) in [6, 6.07) is 0. The summed E-state index contributed by atoms with van der Waals surface area (Å²) in [4.78, 5) is 0. The van der Waals surface area contributed by atoms with Crippen molar-refractivity contribution in [1.82, 2.24) is 5.01 Å². The maximum Gasteiger partial charge on any atom is 0.147 e. The zero-order chi connectivity index (χ0) is 9.30. The lowest BCUT2D eigenvalue weighted by Crippen LogP contribution is -2.21. The number of allylic oxidation sites excluding steroid dienone is 1. The summed E-state index contributed by atoms with van der Waals surface area (Å²) < 4.78 is 12.7. The zero-order valence-corrected chi connectivity index (χ0v) is 7.29. The van der Waals surface area contributed by atoms with Crippen LogP contribution in [-0.4, -0.2) is 35.3 Å². The van der Waals surface area contributed by atoms with Gasteiger partial charge in [-0.15, -0.1) is 0 Å². The molecule has 4 heteroatoms. The Morgan fingerprint density at radius 1 is 1.92 bits per heavy atom. The van der Waals surface area contributed by atoms with Gasteiger partial charge < -0.3 is 5.11 Å². The van der Waals surface area contributed by atoms with Crippen molar-refractivity contribution in [1.29, 1.82) is 0 Å². The first-order chi connectivity index (χ1) is 5.52. The fourth-order valence-electron chi connectivity index (χ4n) is 1.03. The van der Waals surface area contributed by atoms with Gasteiger partial charge in [-0.1, -0.05) is 6.58 Å². The topological polar surface area (TPSA) is 35.8 Å². The number of hydrazone groups is 1. The van der Waals surface area contributed by atoms with Gasteiger partial charge in [-0.3, -0.25) is 5.01 Å². The molecule has 0 saturated heterocycles. The van der Waals surface area contributed by atoms with Crippen molar-refractivity contribution in [2.24, 2.45) is 5.10 Å². The van der Waals surface area contributed by atoms with Crippen molar-refractivity contribution in [3.05, 3.63) is 12.2 Å². The van der Waals surface area contributed by atoms with Crippen molar-refractivity contribution >= 4 is 5.71 Å². The Morgan fingerprint density at radius 2 is 2.50 bits per heavy atom. The number of rotatable bonds is 2. The van der Waals surface area contributed by atoms with E-state index in [4.69, 9.17) is 0 Å². The van der Waals surface area contributed by atoms with Gasteiger partial charge in [0.15, 0.2) is 0 Å². The molecular weight excluding hydrogens is 159 g/mol. The second-order valence-electron chi connectivity index (χ2n) is 2.95. The highest BCUT2D eigenvalue weighted by Crippen LogP contribution is 2.18. The molecular formula is C8H13FN2O. The summed E-state index contributed by atoms with van der Waals surface area (Å²) in [5, 5.41) is 14.6. The van der Waals surface area contributed by atoms with E-state index < -0.39 is 12.4 Å². The Labute approximate surface area is 71.2 Å². The van der Waals surface area contributed by atoms with Crippen LogP contribution >= 0.6 is 0 Å². The molecule has 1 aliphatic rings. The van der Waals surface area contributed by atoms with Gasteiger partial charge in [0, 0.05) is 19.0 Å². The van der Waals surface area contributed by atoms with Crippen molar-refractivity contribution < 1.29 is 9.50 Å². The first-order valence-corrected chi connectivity index (χ1v) is 3.84. The van der Waals surface area contributed by atoms with Crippen LogP contribution in [0.5, 0.6) is 0 Å². The number of alkyl halides is 1. The minimum absolute atomic E-state index is 0.360. The quantitative estimate of drug-likeness (QED) is 0.672. The van der Waals surface area contributed by atoms with Crippen LogP contribution in [0.3, 0.4) is 0 Å². The van der Waals surface area contributed by atoms with Crippen LogP contribution in [0, 0.1) is 0 Å². The molecule has 0 bridgehead atoms. The number of aliphatic hydroxyl groups excluding tert-OH is 1. The van der Waals surface area contributed by atoms with Gasteiger partial charge in [0.05, 0.1) is 5.71 Å². The fourth-order valence-corrected chi connectivity index (χ4v) is 1.03. The van der Waals surface area contributed by atoms with Crippen LogP contribution in [0.25, 0.3) is 0 Å². The maximum absolute atomic E-state index is 12.7. The number of aliphatic hydroxyl groups is 1. The Morgan fingerprint density at radius 3 is 2.83 bits per heavy atom. The van der Waals surface area contributed by atoms with Gasteiger partial charge in [-0.25, -0.2) is 4.39 Å². The molecule has 1 N–H and O–H groups in total. The minimum Gasteiger partial charge on any atom is -0.372 e. The third-order valence-corrected chi connectivity index (χ3v) is 1.94. The predicted octanol–water partition coefficient (Wildman–Crippen LogP) is 0.910. The molecule has 0 amide bonds. The number of halogens is 1. The van der Waals surface area contributed by atoms with Gasteiger partial charge in [0.1, 0.15) is 12.4 Å². The first-order valence-electron chi connectivity index (χ1n) is 3.84. The monoisotopic (exact) mass is 172 g/mol. The average Bonchev–Trinajstić information content (AvgIpc) is 2.30. The van der Waals surface area contributed by atoms with Gasteiger partial charge in [-0.05, 0) is 6.92 Å². The Balaban J connectivity index is 2.67. The zero-order valence-electron chi connectivity index (χ0n) is 7.29. The summed E-state index contributed by atoms with van der Waals surface area (Å²) in [5.41, 5.74) is 0.915. The van der Waals surface area contributed by atoms with Crippen molar-refractivity contribution in [3.63, 3.8) is 0 Å². The third kappa shape index (κ3) is 1.64. The summed E-state index contributed by atoms with van der Waals surface area (Å²) >= 11 is 0. The van der Waals surface area contributed by atoms with Gasteiger partial charge in [-0.2, -0.15) is 5.10 Å². The SMILES string of the molecule is C=C(C1=NN(C)C(O)C1)C(C)F. The van der Waals surface area contributed by atoms with Crippen LogP contribution in [-0.2, 0) is 0 Å². The molecule has 0 fully saturated rings. The van der Waals surface area contributed by atoms with Crippen LogP contribution in [0.15, 0.2) is 17.3 Å². The fraction of sp³-hybridized carbons (Fsp3) is 0.625. The third-order valence-electron chi connectivity index (χ3n) is 1.94. The summed E-state index contributed by atoms with van der Waals surface area (Å²) in [6.07, 6.45) is -1.36. The van der Waals surface area contributed by atoms with E-state index in [0.717, 1.165) is 0 Å². The lowest BCUT2D eigenvalue weighted by molar-refractivity contribution is 0.0451. The molecule has 0 spiro atoms. The second kappa shape index (κ2) is 3.23. The van der Waals surface area contributed by atoms with E-state index in [-0.39, 0.29) is 0 Å². The molecule has 0 aliphatic carbocycles. The van der Waals surface area contributed by atoms with Crippen LogP contribution < -0.4 is 0 Å². The average molecular weight is 172 g/mol. The minimum atomic E-state index is -1.09. The lowest BCUT2D eigenvalue weighted by atomic mass is 10.1. The van der Waals surface area contributed by atoms with Crippen LogP contribution in [0.4, 0.5) is 4.39 Å². The Hall–Kier alpha value is -0.900. The lowest BCUT2D eigenvalue weighted by Gasteiger charge is -2.10. The normalized spacial score (nSPS) is 25.5. The molecule has 0 aromatic heterocycles. The predicted molar refractivity (Wildman–Crippen MR) is 45.5 cm³/mol. The van der Waals surface area contributed by atoms with Crippen LogP contribution in [0.1, 0.15) is 13.3 Å².